The summed E-state index contributed by atoms with van der Waals surface area (Å²) >= 11 is 19.8. The molecule has 37 heavy (non-hydrogen) atoms. The van der Waals surface area contributed by atoms with Crippen LogP contribution in [0.25, 0.3) is 0 Å². The third-order valence-corrected chi connectivity index (χ3v) is 7.39. The lowest BCUT2D eigenvalue weighted by Gasteiger charge is -2.18. The number of anilines is 2. The molecule has 1 aromatic carbocycles. The minimum atomic E-state index is -0.567. The molecule has 190 valence electrons. The van der Waals surface area contributed by atoms with Crippen molar-refractivity contribution in [2.75, 3.05) is 30.8 Å². The van der Waals surface area contributed by atoms with Crippen molar-refractivity contribution in [1.29, 1.82) is 5.26 Å². The molecule has 1 aliphatic heterocycles. The number of aromatic nitrogens is 1. The zero-order chi connectivity index (χ0) is 26.5. The molecular formula is C24H19Cl3N6O3S. The van der Waals surface area contributed by atoms with Gasteiger partial charge in [0.15, 0.2) is 0 Å². The van der Waals surface area contributed by atoms with Crippen LogP contribution in [-0.2, 0) is 6.54 Å². The van der Waals surface area contributed by atoms with Crippen LogP contribution in [0.2, 0.25) is 15.1 Å². The van der Waals surface area contributed by atoms with Crippen molar-refractivity contribution in [3.05, 3.63) is 66.9 Å². The van der Waals surface area contributed by atoms with Crippen LogP contribution in [0.15, 0.2) is 40.8 Å². The van der Waals surface area contributed by atoms with Gasteiger partial charge in [-0.25, -0.2) is 4.98 Å². The molecule has 2 amide bonds. The van der Waals surface area contributed by atoms with Crippen LogP contribution in [0.5, 0.6) is 5.75 Å². The Hall–Kier alpha value is -3.36. The fourth-order valence-electron chi connectivity index (χ4n) is 3.64. The SMILES string of the molecule is COc1cc(Cl)cc(C(=O)Nc2ccc(Cl)cn2)c1NC(=O)c1scc(CN2CCN=C2CC#N)c1Cl. The highest BCUT2D eigenvalue weighted by Crippen LogP contribution is 2.35. The molecule has 0 unspecified atom stereocenters. The second-order valence-corrected chi connectivity index (χ2v) is 9.89. The second kappa shape index (κ2) is 11.8. The molecule has 3 heterocycles. The zero-order valence-electron chi connectivity index (χ0n) is 19.3. The van der Waals surface area contributed by atoms with Gasteiger partial charge in [-0.05, 0) is 23.6 Å². The van der Waals surface area contributed by atoms with E-state index in [0.29, 0.717) is 30.5 Å². The van der Waals surface area contributed by atoms with Gasteiger partial charge in [0, 0.05) is 35.9 Å². The topological polar surface area (TPSA) is 120 Å². The van der Waals surface area contributed by atoms with Crippen LogP contribution in [0, 0.1) is 11.3 Å². The Bertz CT molecular complexity index is 1420. The Labute approximate surface area is 231 Å². The maximum atomic E-state index is 13.3. The number of pyridine rings is 1. The molecule has 13 heteroatoms. The van der Waals surface area contributed by atoms with Crippen molar-refractivity contribution in [3.63, 3.8) is 0 Å². The first-order chi connectivity index (χ1) is 17.8. The van der Waals surface area contributed by atoms with Crippen molar-refractivity contribution in [2.24, 2.45) is 4.99 Å². The molecule has 0 saturated carbocycles. The summed E-state index contributed by atoms with van der Waals surface area (Å²) in [6.07, 6.45) is 1.61. The Morgan fingerprint density at radius 2 is 2.00 bits per heavy atom. The van der Waals surface area contributed by atoms with Gasteiger partial charge in [-0.3, -0.25) is 14.6 Å². The third kappa shape index (κ3) is 6.14. The number of nitrogens with zero attached hydrogens (tertiary/aromatic N) is 4. The summed E-state index contributed by atoms with van der Waals surface area (Å²) in [6, 6.07) is 8.13. The molecular weight excluding hydrogens is 559 g/mol. The first-order valence-corrected chi connectivity index (χ1v) is 12.8. The molecule has 0 fully saturated rings. The molecule has 9 nitrogen and oxygen atoms in total. The first-order valence-electron chi connectivity index (χ1n) is 10.8. The number of nitrogens with one attached hydrogen (secondary N) is 2. The smallest absolute Gasteiger partial charge is 0.267 e. The minimum absolute atomic E-state index is 0.0665. The summed E-state index contributed by atoms with van der Waals surface area (Å²) < 4.78 is 5.39. The molecule has 0 radical (unpaired) electrons. The minimum Gasteiger partial charge on any atom is -0.494 e. The highest BCUT2D eigenvalue weighted by Gasteiger charge is 2.25. The third-order valence-electron chi connectivity index (χ3n) is 5.37. The van der Waals surface area contributed by atoms with Gasteiger partial charge in [0.2, 0.25) is 0 Å². The van der Waals surface area contributed by atoms with Gasteiger partial charge in [-0.1, -0.05) is 34.8 Å². The fraction of sp³-hybridized carbons (Fsp3) is 0.208. The normalized spacial score (nSPS) is 12.6. The van der Waals surface area contributed by atoms with Gasteiger partial charge < -0.3 is 20.3 Å². The summed E-state index contributed by atoms with van der Waals surface area (Å²) in [5, 5.41) is 17.1. The maximum Gasteiger partial charge on any atom is 0.267 e. The van der Waals surface area contributed by atoms with Crippen molar-refractivity contribution >= 4 is 75.3 Å². The lowest BCUT2D eigenvalue weighted by atomic mass is 10.1. The summed E-state index contributed by atoms with van der Waals surface area (Å²) in [5.74, 6) is 0.0674. The molecule has 2 aromatic heterocycles. The number of ether oxygens (including phenoxy) is 1. The number of rotatable bonds is 8. The Morgan fingerprint density at radius 3 is 2.70 bits per heavy atom. The Balaban J connectivity index is 1.58. The lowest BCUT2D eigenvalue weighted by molar-refractivity contribution is 0.102. The van der Waals surface area contributed by atoms with E-state index in [1.54, 1.807) is 17.5 Å². The van der Waals surface area contributed by atoms with E-state index in [1.165, 1.54) is 36.8 Å². The summed E-state index contributed by atoms with van der Waals surface area (Å²) in [5.41, 5.74) is 0.924. The van der Waals surface area contributed by atoms with Gasteiger partial charge in [-0.15, -0.1) is 11.3 Å². The van der Waals surface area contributed by atoms with Gasteiger partial charge in [-0.2, -0.15) is 5.26 Å². The number of halogens is 3. The number of amidine groups is 1. The van der Waals surface area contributed by atoms with E-state index >= 15 is 0 Å². The fourth-order valence-corrected chi connectivity index (χ4v) is 5.20. The molecule has 0 saturated heterocycles. The summed E-state index contributed by atoms with van der Waals surface area (Å²) in [6.45, 7) is 1.71. The molecule has 0 aliphatic carbocycles. The highest BCUT2D eigenvalue weighted by atomic mass is 35.5. The van der Waals surface area contributed by atoms with Gasteiger partial charge in [0.05, 0.1) is 47.4 Å². The Kier molecular flexibility index (Phi) is 8.51. The number of aliphatic imine (C=N–C) groups is 1. The predicted molar refractivity (Wildman–Crippen MR) is 145 cm³/mol. The second-order valence-electron chi connectivity index (χ2n) is 7.76. The number of hydrogen-bond donors (Lipinski definition) is 2. The van der Waals surface area contributed by atoms with Crippen LogP contribution in [0.3, 0.4) is 0 Å². The van der Waals surface area contributed by atoms with Crippen molar-refractivity contribution in [2.45, 2.75) is 13.0 Å². The highest BCUT2D eigenvalue weighted by molar-refractivity contribution is 7.13. The number of carbonyl (C=O) groups excluding carboxylic acids is 2. The molecule has 2 N–H and O–H groups in total. The number of hydrogen-bond acceptors (Lipinski definition) is 8. The Morgan fingerprint density at radius 1 is 1.19 bits per heavy atom. The van der Waals surface area contributed by atoms with Gasteiger partial charge in [0.1, 0.15) is 22.3 Å². The molecule has 4 rings (SSSR count). The monoisotopic (exact) mass is 576 g/mol. The number of benzene rings is 1. The molecule has 3 aromatic rings. The van der Waals surface area contributed by atoms with Crippen molar-refractivity contribution in [1.82, 2.24) is 9.88 Å². The van der Waals surface area contributed by atoms with Gasteiger partial charge in [0.25, 0.3) is 11.8 Å². The van der Waals surface area contributed by atoms with Crippen LogP contribution < -0.4 is 15.4 Å². The molecule has 0 spiro atoms. The van der Waals surface area contributed by atoms with E-state index in [0.717, 1.165) is 5.56 Å². The summed E-state index contributed by atoms with van der Waals surface area (Å²) in [7, 11) is 1.40. The van der Waals surface area contributed by atoms with E-state index in [4.69, 9.17) is 44.8 Å². The van der Waals surface area contributed by atoms with Crippen LogP contribution >= 0.6 is 46.1 Å². The quantitative estimate of drug-likeness (QED) is 0.352. The predicted octanol–water partition coefficient (Wildman–Crippen LogP) is 5.74. The molecule has 1 aliphatic rings. The zero-order valence-corrected chi connectivity index (χ0v) is 22.4. The van der Waals surface area contributed by atoms with Crippen molar-refractivity contribution in [3.8, 4) is 11.8 Å². The number of methoxy groups -OCH3 is 1. The number of thiophene rings is 1. The number of amides is 2. The molecule has 0 atom stereocenters. The van der Waals surface area contributed by atoms with E-state index in [9.17, 15) is 9.59 Å². The van der Waals surface area contributed by atoms with Gasteiger partial charge >= 0.3 is 0 Å². The average molecular weight is 578 g/mol. The van der Waals surface area contributed by atoms with Crippen LogP contribution in [0.4, 0.5) is 11.5 Å². The average Bonchev–Trinajstić information content (AvgIpc) is 3.47. The molecule has 0 bridgehead atoms. The standard InChI is InChI=1S/C24H19Cl3N6O3S/c1-36-17-9-15(26)8-16(23(34)31-18-3-2-14(25)10-30-18)21(17)32-24(35)22-20(27)13(12-37-22)11-33-7-6-29-19(33)4-5-28/h2-3,8-10,12H,4,6-7,11H2,1H3,(H,32,35)(H,30,31,34). The van der Waals surface area contributed by atoms with E-state index in [-0.39, 0.29) is 44.2 Å². The summed E-state index contributed by atoms with van der Waals surface area (Å²) in [4.78, 5) is 37.0. The number of carbonyl (C=O) groups is 2. The number of nitriles is 1. The van der Waals surface area contributed by atoms with Crippen molar-refractivity contribution < 1.29 is 14.3 Å². The largest absolute Gasteiger partial charge is 0.494 e. The van der Waals surface area contributed by atoms with E-state index in [2.05, 4.69) is 26.7 Å². The lowest BCUT2D eigenvalue weighted by Crippen LogP contribution is -2.26. The maximum absolute atomic E-state index is 13.3. The van der Waals surface area contributed by atoms with Crippen LogP contribution in [-0.4, -0.2) is 47.7 Å². The van der Waals surface area contributed by atoms with E-state index < -0.39 is 11.8 Å². The van der Waals surface area contributed by atoms with E-state index in [1.807, 2.05) is 4.90 Å². The van der Waals surface area contributed by atoms with Crippen LogP contribution in [0.1, 0.15) is 32.0 Å². The first kappa shape index (κ1) is 26.7.